The number of benzene rings is 2. The molecule has 2 aromatic rings. The number of aromatic hydroxyl groups is 3. The van der Waals surface area contributed by atoms with Crippen LogP contribution in [0.1, 0.15) is 115 Å². The number of aliphatic hydroxyl groups is 5. The minimum absolute atomic E-state index is 0.0120. The molecule has 0 spiro atoms. The van der Waals surface area contributed by atoms with E-state index in [-0.39, 0.29) is 60.4 Å². The minimum Gasteiger partial charge on any atom is -0.507 e. The molecule has 3 fully saturated rings. The van der Waals surface area contributed by atoms with Crippen LogP contribution in [-0.4, -0.2) is 151 Å². The van der Waals surface area contributed by atoms with Gasteiger partial charge in [0.05, 0.1) is 58.9 Å². The Morgan fingerprint density at radius 2 is 1.30 bits per heavy atom. The molecule has 8 N–H and O–H groups in total. The predicted octanol–water partition coefficient (Wildman–Crippen LogP) is 1.40. The zero-order chi connectivity index (χ0) is 41.4. The van der Waals surface area contributed by atoms with Crippen molar-refractivity contribution in [2.24, 2.45) is 0 Å². The number of fused-ring (bicyclic) bond motifs is 3. The summed E-state index contributed by atoms with van der Waals surface area (Å²) < 4.78 is 37.1. The molecule has 0 saturated carbocycles. The quantitative estimate of drug-likeness (QED) is 0.150. The van der Waals surface area contributed by atoms with E-state index in [1.54, 1.807) is 27.7 Å². The number of carbonyl (C=O) groups is 2. The fourth-order valence-electron chi connectivity index (χ4n) is 9.05. The number of hydrogen-bond acceptors (Lipinski definition) is 17. The summed E-state index contributed by atoms with van der Waals surface area (Å²) >= 11 is 0. The van der Waals surface area contributed by atoms with Crippen molar-refractivity contribution < 1.29 is 78.9 Å². The van der Waals surface area contributed by atoms with Crippen LogP contribution in [0.3, 0.4) is 0 Å². The highest BCUT2D eigenvalue weighted by Crippen LogP contribution is 2.56. The van der Waals surface area contributed by atoms with E-state index in [0.717, 1.165) is 0 Å². The fraction of sp³-hybridized carbons (Fsp3) is 0.650. The van der Waals surface area contributed by atoms with E-state index >= 15 is 0 Å². The maximum absolute atomic E-state index is 13.8. The molecule has 0 unspecified atom stereocenters. The average Bonchev–Trinajstić information content (AvgIpc) is 3.14. The highest BCUT2D eigenvalue weighted by molar-refractivity contribution is 6.31. The highest BCUT2D eigenvalue weighted by atomic mass is 16.7. The van der Waals surface area contributed by atoms with Gasteiger partial charge < -0.3 is 74.2 Å². The highest BCUT2D eigenvalue weighted by Gasteiger charge is 2.52. The molecular formula is C40H53NO16. The Labute approximate surface area is 329 Å². The van der Waals surface area contributed by atoms with Crippen molar-refractivity contribution in [3.05, 3.63) is 51.6 Å². The van der Waals surface area contributed by atoms with E-state index in [9.17, 15) is 50.4 Å². The largest absolute Gasteiger partial charge is 0.507 e. The molecule has 0 aromatic heterocycles. The Morgan fingerprint density at radius 3 is 1.91 bits per heavy atom. The van der Waals surface area contributed by atoms with Crippen LogP contribution in [0.4, 0.5) is 0 Å². The summed E-state index contributed by atoms with van der Waals surface area (Å²) in [6.07, 6.45) is -12.3. The van der Waals surface area contributed by atoms with Crippen LogP contribution in [-0.2, 0) is 28.4 Å². The molecule has 0 radical (unpaired) electrons. The number of hydrogen-bond donors (Lipinski definition) is 8. The predicted molar refractivity (Wildman–Crippen MR) is 195 cm³/mol. The molecule has 7 rings (SSSR count). The van der Waals surface area contributed by atoms with Crippen molar-refractivity contribution in [1.82, 2.24) is 4.90 Å². The second kappa shape index (κ2) is 15.7. The molecule has 17 heteroatoms. The lowest BCUT2D eigenvalue weighted by Gasteiger charge is -2.48. The molecule has 17 nitrogen and oxygen atoms in total. The second-order valence-corrected chi connectivity index (χ2v) is 16.2. The van der Waals surface area contributed by atoms with Crippen molar-refractivity contribution in [3.63, 3.8) is 0 Å². The minimum atomic E-state index is -1.89. The lowest BCUT2D eigenvalue weighted by molar-refractivity contribution is -0.332. The van der Waals surface area contributed by atoms with Gasteiger partial charge in [0.1, 0.15) is 41.7 Å². The molecule has 3 heterocycles. The van der Waals surface area contributed by atoms with Gasteiger partial charge in [0.15, 0.2) is 24.7 Å². The lowest BCUT2D eigenvalue weighted by Crippen LogP contribution is -2.58. The third-order valence-corrected chi connectivity index (χ3v) is 12.3. The summed E-state index contributed by atoms with van der Waals surface area (Å²) in [4.78, 5) is 29.4. The molecule has 0 amide bonds. The maximum atomic E-state index is 13.8. The number of phenols is 3. The van der Waals surface area contributed by atoms with Crippen LogP contribution >= 0.6 is 0 Å². The monoisotopic (exact) mass is 803 g/mol. The van der Waals surface area contributed by atoms with E-state index in [0.29, 0.717) is 0 Å². The van der Waals surface area contributed by atoms with Gasteiger partial charge in [0, 0.05) is 48.4 Å². The molecule has 314 valence electrons. The summed E-state index contributed by atoms with van der Waals surface area (Å²) in [5.41, 5.74) is -4.08. The number of ketones is 2. The van der Waals surface area contributed by atoms with Crippen LogP contribution in [0.5, 0.6) is 17.2 Å². The summed E-state index contributed by atoms with van der Waals surface area (Å²) in [7, 11) is 3.67. The van der Waals surface area contributed by atoms with Gasteiger partial charge in [-0.05, 0) is 47.4 Å². The van der Waals surface area contributed by atoms with Gasteiger partial charge in [0.2, 0.25) is 5.78 Å². The molecule has 0 bridgehead atoms. The summed E-state index contributed by atoms with van der Waals surface area (Å²) in [5, 5.41) is 88.5. The van der Waals surface area contributed by atoms with Crippen LogP contribution in [0.15, 0.2) is 18.2 Å². The number of ether oxygens (including phenoxy) is 6. The van der Waals surface area contributed by atoms with E-state index in [1.807, 2.05) is 19.0 Å². The molecule has 3 aliphatic heterocycles. The molecule has 57 heavy (non-hydrogen) atoms. The normalized spacial score (nSPS) is 39.4. The van der Waals surface area contributed by atoms with Gasteiger partial charge in [-0.2, -0.15) is 0 Å². The number of likely N-dealkylation sites (N-methyl/N-ethyl adjacent to an activating group) is 1. The SMILES string of the molecule is CC[C@@]1(O)C[C@H](O[C@H]2C[C@H](N(C)C)[C@H](O[C@H]3C[C@H](O)[C@H](O[C@H]4C[C@H](O)[C@H](O)[C@H](C)O4)[C@H](C)O3)[C@H](C)O2)c2c(O)c3c(c(O)c2[C@H]1O)C(=O)c1cccc(O)c1C3=O. The van der Waals surface area contributed by atoms with Gasteiger partial charge in [-0.1, -0.05) is 19.1 Å². The van der Waals surface area contributed by atoms with E-state index in [2.05, 4.69) is 0 Å². The number of carbonyl (C=O) groups excluding carboxylic acids is 2. The zero-order valence-electron chi connectivity index (χ0n) is 32.6. The number of aliphatic hydroxyl groups excluding tert-OH is 4. The first-order chi connectivity index (χ1) is 26.9. The number of nitrogens with zero attached hydrogens (tertiary/aromatic N) is 1. The topological polar surface area (TPSA) is 255 Å². The Bertz CT molecular complexity index is 1850. The molecule has 2 aromatic carbocycles. The van der Waals surface area contributed by atoms with Crippen molar-refractivity contribution >= 4 is 11.6 Å². The van der Waals surface area contributed by atoms with Crippen LogP contribution in [0.2, 0.25) is 0 Å². The van der Waals surface area contributed by atoms with Crippen molar-refractivity contribution in [2.45, 2.75) is 151 Å². The fourth-order valence-corrected chi connectivity index (χ4v) is 9.05. The summed E-state index contributed by atoms with van der Waals surface area (Å²) in [6.45, 7) is 6.73. The van der Waals surface area contributed by atoms with Crippen LogP contribution in [0.25, 0.3) is 0 Å². The Kier molecular flexibility index (Phi) is 11.5. The van der Waals surface area contributed by atoms with Gasteiger partial charge >= 0.3 is 0 Å². The van der Waals surface area contributed by atoms with Crippen molar-refractivity contribution in [3.8, 4) is 17.2 Å². The molecule has 5 aliphatic rings. The second-order valence-electron chi connectivity index (χ2n) is 16.2. The van der Waals surface area contributed by atoms with Crippen LogP contribution in [0, 0.1) is 0 Å². The number of phenolic OH excluding ortho intramolecular Hbond substituents is 3. The van der Waals surface area contributed by atoms with E-state index < -0.39 is 125 Å². The average molecular weight is 804 g/mol. The molecule has 2 aliphatic carbocycles. The van der Waals surface area contributed by atoms with Gasteiger partial charge in [-0.3, -0.25) is 9.59 Å². The first-order valence-electron chi connectivity index (χ1n) is 19.4. The van der Waals surface area contributed by atoms with E-state index in [1.165, 1.54) is 18.2 Å². The zero-order valence-corrected chi connectivity index (χ0v) is 32.6. The standard InChI is InChI=1S/C40H53NO16/c1-7-40(51)14-23(28-31(39(40)50)36(49)29-30(35(28)48)34(47)27-18(33(29)46)9-8-10-20(27)42)55-24-11-19(41(5)6)37(16(3)53-24)56-26-13-22(44)38(17(4)54-26)57-25-12-21(43)32(45)15(2)52-25/h8-10,15-17,19,21-26,32,37-39,42-45,48-51H,7,11-14H2,1-6H3/t15-,16-,17-,19-,21-,22-,23-,24-,25-,26-,32+,37+,38+,39+,40+/m0/s1. The maximum Gasteiger partial charge on any atom is 0.202 e. The molecular weight excluding hydrogens is 750 g/mol. The third-order valence-electron chi connectivity index (χ3n) is 12.3. The Morgan fingerprint density at radius 1 is 0.737 bits per heavy atom. The first kappa shape index (κ1) is 41.8. The van der Waals surface area contributed by atoms with Gasteiger partial charge in [-0.15, -0.1) is 0 Å². The number of rotatable bonds is 8. The van der Waals surface area contributed by atoms with Gasteiger partial charge in [0.25, 0.3) is 0 Å². The third kappa shape index (κ3) is 7.25. The van der Waals surface area contributed by atoms with Crippen molar-refractivity contribution in [1.29, 1.82) is 0 Å². The van der Waals surface area contributed by atoms with Crippen LogP contribution < -0.4 is 0 Å². The van der Waals surface area contributed by atoms with Crippen molar-refractivity contribution in [2.75, 3.05) is 14.1 Å². The Balaban J connectivity index is 1.11. The molecule has 15 atom stereocenters. The Hall–Kier alpha value is -3.30. The first-order valence-corrected chi connectivity index (χ1v) is 19.4. The smallest absolute Gasteiger partial charge is 0.202 e. The molecule has 3 saturated heterocycles. The summed E-state index contributed by atoms with van der Waals surface area (Å²) in [6, 6.07) is 3.52. The van der Waals surface area contributed by atoms with E-state index in [4.69, 9.17) is 28.4 Å². The summed E-state index contributed by atoms with van der Waals surface area (Å²) in [5.74, 6) is -3.77. The van der Waals surface area contributed by atoms with Gasteiger partial charge in [-0.25, -0.2) is 0 Å². The lowest BCUT2D eigenvalue weighted by atomic mass is 9.70.